The lowest BCUT2D eigenvalue weighted by Crippen LogP contribution is -2.48. The van der Waals surface area contributed by atoms with E-state index in [9.17, 15) is 9.18 Å². The molecule has 2 aromatic carbocycles. The van der Waals surface area contributed by atoms with Crippen molar-refractivity contribution in [2.45, 2.75) is 13.0 Å². The summed E-state index contributed by atoms with van der Waals surface area (Å²) in [5, 5.41) is 4.11. The number of anilines is 1. The Morgan fingerprint density at radius 3 is 2.58 bits per heavy atom. The highest BCUT2D eigenvalue weighted by Crippen LogP contribution is 2.34. The highest BCUT2D eigenvalue weighted by Gasteiger charge is 2.35. The standard InChI is InChI=1S/C19H16ClFN2O2S/c1-11-16(18(24)25-2)17(12-4-3-5-13(20)10-12)22-19(26)23(11)15-8-6-14(21)7-9-15/h3-10,17H,1-2H3,(H,22,26)/t17-/m0/s1. The van der Waals surface area contributed by atoms with Crippen molar-refractivity contribution in [2.24, 2.45) is 0 Å². The minimum absolute atomic E-state index is 0.351. The summed E-state index contributed by atoms with van der Waals surface area (Å²) in [5.41, 5.74) is 2.45. The average molecular weight is 391 g/mol. The topological polar surface area (TPSA) is 41.6 Å². The van der Waals surface area contributed by atoms with Crippen molar-refractivity contribution in [3.63, 3.8) is 0 Å². The Balaban J connectivity index is 2.13. The molecule has 26 heavy (non-hydrogen) atoms. The molecule has 2 aromatic rings. The monoisotopic (exact) mass is 390 g/mol. The molecule has 1 aliphatic heterocycles. The number of benzene rings is 2. The number of allylic oxidation sites excluding steroid dienone is 1. The summed E-state index contributed by atoms with van der Waals surface area (Å²) >= 11 is 11.6. The van der Waals surface area contributed by atoms with Crippen LogP contribution in [-0.2, 0) is 9.53 Å². The maximum atomic E-state index is 13.3. The zero-order valence-electron chi connectivity index (χ0n) is 14.1. The van der Waals surface area contributed by atoms with E-state index in [2.05, 4.69) is 5.32 Å². The molecule has 1 aliphatic rings. The van der Waals surface area contributed by atoms with Gasteiger partial charge in [-0.2, -0.15) is 0 Å². The number of nitrogens with zero attached hydrogens (tertiary/aromatic N) is 1. The predicted molar refractivity (Wildman–Crippen MR) is 104 cm³/mol. The summed E-state index contributed by atoms with van der Waals surface area (Å²) in [7, 11) is 1.33. The summed E-state index contributed by atoms with van der Waals surface area (Å²) in [4.78, 5) is 14.2. The molecule has 1 atom stereocenters. The lowest BCUT2D eigenvalue weighted by molar-refractivity contribution is -0.136. The number of hydrogen-bond acceptors (Lipinski definition) is 3. The molecule has 0 amide bonds. The zero-order chi connectivity index (χ0) is 18.8. The van der Waals surface area contributed by atoms with Gasteiger partial charge in [0.2, 0.25) is 0 Å². The SMILES string of the molecule is COC(=O)C1=C(C)N(c2ccc(F)cc2)C(=S)N[C@H]1c1cccc(Cl)c1. The van der Waals surface area contributed by atoms with Gasteiger partial charge >= 0.3 is 5.97 Å². The van der Waals surface area contributed by atoms with E-state index >= 15 is 0 Å². The molecule has 0 bridgehead atoms. The van der Waals surface area contributed by atoms with E-state index in [1.165, 1.54) is 19.2 Å². The molecule has 3 rings (SSSR count). The van der Waals surface area contributed by atoms with E-state index in [0.717, 1.165) is 5.56 Å². The van der Waals surface area contributed by atoms with Crippen molar-refractivity contribution < 1.29 is 13.9 Å². The Labute approximate surface area is 161 Å². The van der Waals surface area contributed by atoms with Crippen LogP contribution in [0.25, 0.3) is 0 Å². The number of esters is 1. The number of rotatable bonds is 3. The number of hydrogen-bond donors (Lipinski definition) is 1. The summed E-state index contributed by atoms with van der Waals surface area (Å²) in [6.45, 7) is 1.78. The molecule has 1 heterocycles. The summed E-state index contributed by atoms with van der Waals surface area (Å²) in [6.07, 6.45) is 0. The van der Waals surface area contributed by atoms with Crippen LogP contribution in [0.4, 0.5) is 10.1 Å². The number of ether oxygens (including phenoxy) is 1. The van der Waals surface area contributed by atoms with Gasteiger partial charge in [0.1, 0.15) is 5.82 Å². The lowest BCUT2D eigenvalue weighted by atomic mass is 9.95. The first kappa shape index (κ1) is 18.4. The van der Waals surface area contributed by atoms with Crippen LogP contribution >= 0.6 is 23.8 Å². The van der Waals surface area contributed by atoms with Gasteiger partial charge in [-0.25, -0.2) is 9.18 Å². The van der Waals surface area contributed by atoms with Crippen molar-refractivity contribution in [1.29, 1.82) is 0 Å². The number of nitrogens with one attached hydrogen (secondary N) is 1. The zero-order valence-corrected chi connectivity index (χ0v) is 15.7. The lowest BCUT2D eigenvalue weighted by Gasteiger charge is -2.37. The Morgan fingerprint density at radius 1 is 1.27 bits per heavy atom. The molecule has 0 spiro atoms. The van der Waals surface area contributed by atoms with Gasteiger partial charge in [0.15, 0.2) is 5.11 Å². The van der Waals surface area contributed by atoms with Gasteiger partial charge in [0, 0.05) is 16.4 Å². The molecule has 134 valence electrons. The second kappa shape index (κ2) is 7.43. The maximum Gasteiger partial charge on any atom is 0.337 e. The normalized spacial score (nSPS) is 17.2. The van der Waals surface area contributed by atoms with Crippen LogP contribution in [0.5, 0.6) is 0 Å². The largest absolute Gasteiger partial charge is 0.466 e. The van der Waals surface area contributed by atoms with Gasteiger partial charge in [0.25, 0.3) is 0 Å². The quantitative estimate of drug-likeness (QED) is 0.623. The molecule has 4 nitrogen and oxygen atoms in total. The molecule has 0 saturated carbocycles. The fraction of sp³-hybridized carbons (Fsp3) is 0.158. The Hall–Kier alpha value is -2.44. The number of carbonyl (C=O) groups excluding carboxylic acids is 1. The Bertz CT molecular complexity index is 899. The molecule has 0 aromatic heterocycles. The smallest absolute Gasteiger partial charge is 0.337 e. The Kier molecular flexibility index (Phi) is 5.25. The van der Waals surface area contributed by atoms with Crippen LogP contribution in [0, 0.1) is 5.82 Å². The molecule has 1 N–H and O–H groups in total. The molecule has 0 fully saturated rings. The van der Waals surface area contributed by atoms with E-state index in [-0.39, 0.29) is 5.82 Å². The van der Waals surface area contributed by atoms with Gasteiger partial charge in [0.05, 0.1) is 18.7 Å². The number of carbonyl (C=O) groups is 1. The van der Waals surface area contributed by atoms with E-state index in [1.807, 2.05) is 6.07 Å². The molecule has 0 radical (unpaired) electrons. The highest BCUT2D eigenvalue weighted by atomic mass is 35.5. The van der Waals surface area contributed by atoms with Crippen molar-refractivity contribution >= 4 is 40.6 Å². The first-order chi connectivity index (χ1) is 12.4. The van der Waals surface area contributed by atoms with Gasteiger partial charge in [-0.1, -0.05) is 23.7 Å². The second-order valence-corrected chi connectivity index (χ2v) is 6.56. The van der Waals surface area contributed by atoms with E-state index in [1.54, 1.807) is 42.2 Å². The van der Waals surface area contributed by atoms with Crippen molar-refractivity contribution in [3.8, 4) is 0 Å². The second-order valence-electron chi connectivity index (χ2n) is 5.74. The molecule has 7 heteroatoms. The molecular weight excluding hydrogens is 375 g/mol. The average Bonchev–Trinajstić information content (AvgIpc) is 2.62. The van der Waals surface area contributed by atoms with E-state index in [4.69, 9.17) is 28.6 Å². The first-order valence-corrected chi connectivity index (χ1v) is 8.61. The number of halogens is 2. The summed E-state index contributed by atoms with van der Waals surface area (Å²) in [6, 6.07) is 12.6. The van der Waals surface area contributed by atoms with Crippen molar-refractivity contribution in [1.82, 2.24) is 5.32 Å². The predicted octanol–water partition coefficient (Wildman–Crippen LogP) is 4.36. The van der Waals surface area contributed by atoms with Crippen LogP contribution in [0.15, 0.2) is 59.8 Å². The minimum Gasteiger partial charge on any atom is -0.466 e. The fourth-order valence-electron chi connectivity index (χ4n) is 2.95. The third-order valence-corrected chi connectivity index (χ3v) is 4.69. The highest BCUT2D eigenvalue weighted by molar-refractivity contribution is 7.80. The van der Waals surface area contributed by atoms with Crippen molar-refractivity contribution in [2.75, 3.05) is 12.0 Å². The van der Waals surface area contributed by atoms with Gasteiger partial charge in [-0.05, 0) is 61.1 Å². The number of thiocarbonyl (C=S) groups is 1. The van der Waals surface area contributed by atoms with Crippen LogP contribution in [0.2, 0.25) is 5.02 Å². The van der Waals surface area contributed by atoms with E-state index in [0.29, 0.717) is 27.1 Å². The maximum absolute atomic E-state index is 13.3. The fourth-order valence-corrected chi connectivity index (χ4v) is 3.51. The molecular formula is C19H16ClFN2O2S. The molecule has 0 saturated heterocycles. The van der Waals surface area contributed by atoms with E-state index < -0.39 is 12.0 Å². The first-order valence-electron chi connectivity index (χ1n) is 7.83. The van der Waals surface area contributed by atoms with Crippen LogP contribution < -0.4 is 10.2 Å². The van der Waals surface area contributed by atoms with Crippen LogP contribution in [0.1, 0.15) is 18.5 Å². The molecule has 0 aliphatic carbocycles. The van der Waals surface area contributed by atoms with Gasteiger partial charge in [-0.3, -0.25) is 4.90 Å². The van der Waals surface area contributed by atoms with Gasteiger partial charge < -0.3 is 10.1 Å². The van der Waals surface area contributed by atoms with Gasteiger partial charge in [-0.15, -0.1) is 0 Å². The summed E-state index contributed by atoms with van der Waals surface area (Å²) in [5.74, 6) is -0.828. The Morgan fingerprint density at radius 2 is 1.96 bits per heavy atom. The number of methoxy groups -OCH3 is 1. The summed E-state index contributed by atoms with van der Waals surface area (Å²) < 4.78 is 18.2. The van der Waals surface area contributed by atoms with Crippen LogP contribution in [-0.4, -0.2) is 18.2 Å². The third kappa shape index (κ3) is 3.43. The molecule has 0 unspecified atom stereocenters. The van der Waals surface area contributed by atoms with Crippen molar-refractivity contribution in [3.05, 3.63) is 76.2 Å². The third-order valence-electron chi connectivity index (χ3n) is 4.16. The minimum atomic E-state index is -0.495. The van der Waals surface area contributed by atoms with Crippen LogP contribution in [0.3, 0.4) is 0 Å².